The third kappa shape index (κ3) is 7.60. The monoisotopic (exact) mass is 680 g/mol. The van der Waals surface area contributed by atoms with Crippen molar-refractivity contribution in [2.75, 3.05) is 0 Å². The molecule has 0 atom stereocenters. The average Bonchev–Trinajstić information content (AvgIpc) is 3.90. The van der Waals surface area contributed by atoms with E-state index >= 15 is 0 Å². The number of esters is 2. The summed E-state index contributed by atoms with van der Waals surface area (Å²) in [5, 5.41) is 8.36. The first-order valence-electron chi connectivity index (χ1n) is 15.7. The molecule has 0 bridgehead atoms. The van der Waals surface area contributed by atoms with Crippen molar-refractivity contribution >= 4 is 11.9 Å². The number of carbonyl (C=O) groups excluding carboxylic acids is 2. The van der Waals surface area contributed by atoms with Gasteiger partial charge < -0.3 is 14.2 Å². The second-order valence-electron chi connectivity index (χ2n) is 11.0. The number of hydrogen-bond acceptors (Lipinski definition) is 11. The number of nitrogens with one attached hydrogen (secondary N) is 1. The summed E-state index contributed by atoms with van der Waals surface area (Å²) in [6, 6.07) is 29.6. The highest BCUT2D eigenvalue weighted by Gasteiger charge is 2.23. The van der Waals surface area contributed by atoms with Crippen LogP contribution in [0.25, 0.3) is 11.9 Å². The lowest BCUT2D eigenvalue weighted by Crippen LogP contribution is -2.24. The summed E-state index contributed by atoms with van der Waals surface area (Å²) in [5.41, 5.74) is 1.89. The Kier molecular flexibility index (Phi) is 9.45. The fourth-order valence-corrected chi connectivity index (χ4v) is 5.01. The van der Waals surface area contributed by atoms with Crippen LogP contribution in [0.5, 0.6) is 5.88 Å². The van der Waals surface area contributed by atoms with Gasteiger partial charge >= 0.3 is 11.9 Å². The number of ether oxygens (including phenoxy) is 3. The largest absolute Gasteiger partial charge is 0.472 e. The van der Waals surface area contributed by atoms with Crippen LogP contribution in [0.2, 0.25) is 0 Å². The number of carbonyl (C=O) groups is 2. The van der Waals surface area contributed by atoms with Gasteiger partial charge in [0.25, 0.3) is 11.5 Å². The van der Waals surface area contributed by atoms with Gasteiger partial charge in [0.2, 0.25) is 11.8 Å². The minimum Gasteiger partial charge on any atom is -0.472 e. The van der Waals surface area contributed by atoms with Crippen LogP contribution in [0.15, 0.2) is 139 Å². The molecular weight excluding hydrogens is 652 g/mol. The van der Waals surface area contributed by atoms with Gasteiger partial charge in [-0.15, -0.1) is 0 Å². The van der Waals surface area contributed by atoms with E-state index in [9.17, 15) is 14.4 Å². The Bertz CT molecular complexity index is 2270. The highest BCUT2D eigenvalue weighted by Crippen LogP contribution is 2.27. The highest BCUT2D eigenvalue weighted by atomic mass is 16.5. The zero-order valence-electron chi connectivity index (χ0n) is 26.8. The molecule has 0 fully saturated rings. The Labute approximate surface area is 290 Å². The van der Waals surface area contributed by atoms with Gasteiger partial charge in [-0.2, -0.15) is 15.2 Å². The third-order valence-corrected chi connectivity index (χ3v) is 7.55. The Morgan fingerprint density at radius 1 is 0.706 bits per heavy atom. The number of aromatic nitrogens is 8. The molecule has 252 valence electrons. The number of rotatable bonds is 12. The van der Waals surface area contributed by atoms with Crippen molar-refractivity contribution in [2.24, 2.45) is 0 Å². The molecule has 51 heavy (non-hydrogen) atoms. The van der Waals surface area contributed by atoms with E-state index in [1.807, 2.05) is 91.0 Å². The van der Waals surface area contributed by atoms with Crippen LogP contribution in [0.1, 0.15) is 49.1 Å². The van der Waals surface area contributed by atoms with Gasteiger partial charge in [0.15, 0.2) is 6.10 Å². The lowest BCUT2D eigenvalue weighted by Gasteiger charge is -2.18. The topological polar surface area (TPSA) is 169 Å². The van der Waals surface area contributed by atoms with Gasteiger partial charge in [-0.25, -0.2) is 28.9 Å². The lowest BCUT2D eigenvalue weighted by molar-refractivity contribution is 0.0374. The second-order valence-corrected chi connectivity index (χ2v) is 11.0. The van der Waals surface area contributed by atoms with E-state index in [1.165, 1.54) is 28.0 Å². The Hall–Kier alpha value is -7.22. The predicted molar refractivity (Wildman–Crippen MR) is 181 cm³/mol. The molecule has 0 aliphatic heterocycles. The molecule has 1 N–H and O–H groups in total. The molecule has 7 rings (SSSR count). The van der Waals surface area contributed by atoms with Crippen LogP contribution < -0.4 is 10.3 Å². The van der Waals surface area contributed by atoms with Crippen molar-refractivity contribution in [3.8, 4) is 17.8 Å². The maximum absolute atomic E-state index is 13.2. The van der Waals surface area contributed by atoms with Crippen molar-refractivity contribution < 1.29 is 23.8 Å². The Morgan fingerprint density at radius 2 is 1.39 bits per heavy atom. The summed E-state index contributed by atoms with van der Waals surface area (Å²) in [7, 11) is 0. The first-order valence-corrected chi connectivity index (χ1v) is 15.7. The van der Waals surface area contributed by atoms with Crippen molar-refractivity contribution in [1.82, 2.24) is 39.5 Å². The quantitative estimate of drug-likeness (QED) is 0.176. The van der Waals surface area contributed by atoms with Crippen molar-refractivity contribution in [1.29, 1.82) is 0 Å². The molecule has 0 saturated carbocycles. The van der Waals surface area contributed by atoms with Crippen LogP contribution in [0.4, 0.5) is 0 Å². The molecule has 0 aliphatic rings. The number of aromatic amines is 1. The molecule has 0 spiro atoms. The lowest BCUT2D eigenvalue weighted by atomic mass is 10.0. The molecular formula is C37H28N8O6. The summed E-state index contributed by atoms with van der Waals surface area (Å²) in [6.45, 7) is -0.0152. The van der Waals surface area contributed by atoms with Gasteiger partial charge in [-0.05, 0) is 22.8 Å². The van der Waals surface area contributed by atoms with Gasteiger partial charge in [0.05, 0.1) is 18.6 Å². The van der Waals surface area contributed by atoms with Gasteiger partial charge in [-0.3, -0.25) is 9.78 Å². The molecule has 0 radical (unpaired) electrons. The second kappa shape index (κ2) is 14.9. The van der Waals surface area contributed by atoms with Crippen molar-refractivity contribution in [2.45, 2.75) is 19.3 Å². The fourth-order valence-electron chi connectivity index (χ4n) is 5.01. The smallest absolute Gasteiger partial charge is 0.346 e. The molecule has 0 saturated heterocycles. The number of H-pyrrole nitrogens is 1. The summed E-state index contributed by atoms with van der Waals surface area (Å²) in [6.07, 6.45) is 7.94. The predicted octanol–water partition coefficient (Wildman–Crippen LogP) is 4.81. The fraction of sp³-hybridized carbons (Fsp3) is 0.0811. The van der Waals surface area contributed by atoms with Gasteiger partial charge in [-0.1, -0.05) is 91.0 Å². The summed E-state index contributed by atoms with van der Waals surface area (Å²) >= 11 is 0. The summed E-state index contributed by atoms with van der Waals surface area (Å²) < 4.78 is 20.0. The molecule has 3 aromatic carbocycles. The van der Waals surface area contributed by atoms with E-state index < -0.39 is 23.6 Å². The standard InChI is InChI=1S/C37H28N8O6/c46-32-29(35(48)51-31(27-13-6-2-7-14-27)28-15-8-3-9-16-28)20-38-36(42-32)45-22-26(19-41-45)24-50-34(47)30-21-39-37(44-18-10-17-40-44)43-33(30)49-23-25-11-4-1-5-12-25/h1-22,31H,23-24H2,(H,38,42,46). The maximum Gasteiger partial charge on any atom is 0.346 e. The minimum absolute atomic E-state index is 0.0180. The van der Waals surface area contributed by atoms with Gasteiger partial charge in [0, 0.05) is 24.2 Å². The molecule has 14 heteroatoms. The zero-order valence-corrected chi connectivity index (χ0v) is 26.8. The summed E-state index contributed by atoms with van der Waals surface area (Å²) in [5.74, 6) is -1.28. The SMILES string of the molecule is O=C(OCc1cnn(-c2ncc(C(=O)OC(c3ccccc3)c3ccccc3)c(=O)[nH]2)c1)c1cnc(-n2cccn2)nc1OCc1ccccc1. The molecule has 0 unspecified atom stereocenters. The molecule has 14 nitrogen and oxygen atoms in total. The van der Waals surface area contributed by atoms with E-state index in [0.717, 1.165) is 22.9 Å². The third-order valence-electron chi connectivity index (χ3n) is 7.55. The first-order chi connectivity index (χ1) is 25.0. The number of hydrogen-bond donors (Lipinski definition) is 1. The molecule has 7 aromatic rings. The first kappa shape index (κ1) is 32.3. The highest BCUT2D eigenvalue weighted by molar-refractivity contribution is 5.91. The van der Waals surface area contributed by atoms with E-state index in [4.69, 9.17) is 14.2 Å². The Morgan fingerprint density at radius 3 is 2.06 bits per heavy atom. The van der Waals surface area contributed by atoms with Crippen molar-refractivity contribution in [3.63, 3.8) is 0 Å². The number of nitrogens with zero attached hydrogens (tertiary/aromatic N) is 7. The number of benzene rings is 3. The van der Waals surface area contributed by atoms with E-state index in [2.05, 4.69) is 30.1 Å². The molecule has 0 amide bonds. The summed E-state index contributed by atoms with van der Waals surface area (Å²) in [4.78, 5) is 54.8. The normalized spacial score (nSPS) is 10.9. The van der Waals surface area contributed by atoms with Crippen LogP contribution in [-0.2, 0) is 22.7 Å². The van der Waals surface area contributed by atoms with Crippen molar-refractivity contribution in [3.05, 3.63) is 178 Å². The van der Waals surface area contributed by atoms with Gasteiger partial charge in [0.1, 0.15) is 24.3 Å². The van der Waals surface area contributed by atoms with Crippen LogP contribution in [-0.4, -0.2) is 51.4 Å². The van der Waals surface area contributed by atoms with Crippen LogP contribution in [0.3, 0.4) is 0 Å². The molecule has 4 heterocycles. The minimum atomic E-state index is -0.838. The maximum atomic E-state index is 13.2. The molecule has 0 aliphatic carbocycles. The van der Waals surface area contributed by atoms with E-state index in [1.54, 1.807) is 18.5 Å². The van der Waals surface area contributed by atoms with Crippen LogP contribution in [0, 0.1) is 0 Å². The molecule has 4 aromatic heterocycles. The van der Waals surface area contributed by atoms with E-state index in [-0.39, 0.29) is 42.1 Å². The van der Waals surface area contributed by atoms with Crippen LogP contribution >= 0.6 is 0 Å². The zero-order chi connectivity index (χ0) is 35.0. The average molecular weight is 681 g/mol. The Balaban J connectivity index is 1.03. The van der Waals surface area contributed by atoms with E-state index in [0.29, 0.717) is 5.56 Å².